The minimum Gasteiger partial charge on any atom is -0.304 e. The maximum Gasteiger partial charge on any atom is 0.0985 e. The van der Waals surface area contributed by atoms with E-state index in [-0.39, 0.29) is 5.41 Å². The van der Waals surface area contributed by atoms with Crippen molar-refractivity contribution < 1.29 is 0 Å². The maximum atomic E-state index is 4.73. The van der Waals surface area contributed by atoms with Crippen molar-refractivity contribution in [3.63, 3.8) is 0 Å². The van der Waals surface area contributed by atoms with Gasteiger partial charge in [0.25, 0.3) is 0 Å². The molecule has 1 N–H and O–H groups in total. The lowest BCUT2D eigenvalue weighted by molar-refractivity contribution is 0.572. The van der Waals surface area contributed by atoms with Crippen LogP contribution in [0.1, 0.15) is 60.0 Å². The van der Waals surface area contributed by atoms with E-state index in [4.69, 9.17) is 4.98 Å². The largest absolute Gasteiger partial charge is 0.304 e. The normalized spacial score (nSPS) is 13.7. The van der Waals surface area contributed by atoms with Gasteiger partial charge in [0.15, 0.2) is 0 Å². The van der Waals surface area contributed by atoms with Crippen LogP contribution in [0.3, 0.4) is 0 Å². The molecule has 3 nitrogen and oxygen atoms in total. The molecule has 0 aliphatic rings. The van der Waals surface area contributed by atoms with Gasteiger partial charge >= 0.3 is 0 Å². The molecule has 1 atom stereocenters. The molecule has 2 heterocycles. The highest BCUT2D eigenvalue weighted by Crippen LogP contribution is 2.32. The molecule has 0 saturated heterocycles. The zero-order chi connectivity index (χ0) is 14.9. The van der Waals surface area contributed by atoms with Gasteiger partial charge in [0, 0.05) is 28.3 Å². The third kappa shape index (κ3) is 3.65. The molecule has 0 radical (unpaired) electrons. The lowest BCUT2D eigenvalue weighted by Gasteiger charge is -2.14. The molecule has 0 aliphatic carbocycles. The SMILES string of the molecule is Cc1nc(CNC(C)c2sc(C(C)(C)C)nc2C)cs1. The Kier molecular flexibility index (Phi) is 4.62. The van der Waals surface area contributed by atoms with Gasteiger partial charge in [0.1, 0.15) is 0 Å². The van der Waals surface area contributed by atoms with Crippen molar-refractivity contribution in [2.75, 3.05) is 0 Å². The van der Waals surface area contributed by atoms with E-state index in [1.165, 1.54) is 9.88 Å². The van der Waals surface area contributed by atoms with Crippen LogP contribution in [0, 0.1) is 13.8 Å². The summed E-state index contributed by atoms with van der Waals surface area (Å²) in [5.41, 5.74) is 2.39. The number of aryl methyl sites for hydroxylation is 2. The number of aromatic nitrogens is 2. The Morgan fingerprint density at radius 3 is 2.45 bits per heavy atom. The van der Waals surface area contributed by atoms with Gasteiger partial charge in [-0.3, -0.25) is 0 Å². The molecule has 2 rings (SSSR count). The van der Waals surface area contributed by atoms with E-state index in [1.807, 2.05) is 18.3 Å². The first kappa shape index (κ1) is 15.6. The fraction of sp³-hybridized carbons (Fsp3) is 0.600. The van der Waals surface area contributed by atoms with E-state index in [2.05, 4.69) is 50.3 Å². The molecule has 20 heavy (non-hydrogen) atoms. The molecule has 0 aromatic carbocycles. The summed E-state index contributed by atoms with van der Waals surface area (Å²) < 4.78 is 0. The molecule has 1 unspecified atom stereocenters. The first-order valence-corrected chi connectivity index (χ1v) is 8.59. The summed E-state index contributed by atoms with van der Waals surface area (Å²) in [6, 6.07) is 0.311. The van der Waals surface area contributed by atoms with Crippen LogP contribution in [0.15, 0.2) is 5.38 Å². The monoisotopic (exact) mass is 309 g/mol. The molecule has 110 valence electrons. The molecular formula is C15H23N3S2. The van der Waals surface area contributed by atoms with Crippen molar-refractivity contribution in [2.24, 2.45) is 0 Å². The molecule has 0 spiro atoms. The summed E-state index contributed by atoms with van der Waals surface area (Å²) in [5.74, 6) is 0. The van der Waals surface area contributed by atoms with Gasteiger partial charge in [0.05, 0.1) is 21.4 Å². The van der Waals surface area contributed by atoms with Crippen LogP contribution in [0.25, 0.3) is 0 Å². The van der Waals surface area contributed by atoms with E-state index in [0.717, 1.165) is 22.9 Å². The van der Waals surface area contributed by atoms with Gasteiger partial charge in [-0.05, 0) is 20.8 Å². The summed E-state index contributed by atoms with van der Waals surface area (Å²) in [6.07, 6.45) is 0. The van der Waals surface area contributed by atoms with Crippen molar-refractivity contribution in [3.8, 4) is 0 Å². The van der Waals surface area contributed by atoms with Gasteiger partial charge < -0.3 is 5.32 Å². The molecule has 2 aromatic rings. The Morgan fingerprint density at radius 2 is 1.95 bits per heavy atom. The fourth-order valence-electron chi connectivity index (χ4n) is 1.97. The number of hydrogen-bond acceptors (Lipinski definition) is 5. The molecule has 0 amide bonds. The number of thiazole rings is 2. The molecule has 0 saturated carbocycles. The first-order valence-electron chi connectivity index (χ1n) is 6.89. The molecule has 5 heteroatoms. The second kappa shape index (κ2) is 5.92. The third-order valence-electron chi connectivity index (χ3n) is 3.12. The summed E-state index contributed by atoms with van der Waals surface area (Å²) in [4.78, 5) is 10.5. The van der Waals surface area contributed by atoms with Gasteiger partial charge in [-0.25, -0.2) is 9.97 Å². The van der Waals surface area contributed by atoms with E-state index in [9.17, 15) is 0 Å². The quantitative estimate of drug-likeness (QED) is 0.911. The van der Waals surface area contributed by atoms with Crippen molar-refractivity contribution in [1.29, 1.82) is 0 Å². The predicted molar refractivity (Wildman–Crippen MR) is 87.7 cm³/mol. The Hall–Kier alpha value is -0.780. The minimum atomic E-state index is 0.124. The Balaban J connectivity index is 2.05. The second-order valence-electron chi connectivity index (χ2n) is 6.18. The third-order valence-corrected chi connectivity index (χ3v) is 5.71. The predicted octanol–water partition coefficient (Wildman–Crippen LogP) is 4.36. The molecular weight excluding hydrogens is 286 g/mol. The highest BCUT2D eigenvalue weighted by molar-refractivity contribution is 7.12. The average molecular weight is 310 g/mol. The standard InChI is InChI=1S/C15H23N3S2/c1-9(16-7-12-8-19-11(3)18-12)13-10(2)17-14(20-13)15(4,5)6/h8-9,16H,7H2,1-6H3. The Morgan fingerprint density at radius 1 is 1.25 bits per heavy atom. The molecule has 0 aliphatic heterocycles. The fourth-order valence-corrected chi connectivity index (χ4v) is 3.73. The van der Waals surface area contributed by atoms with Crippen molar-refractivity contribution in [2.45, 2.75) is 59.5 Å². The van der Waals surface area contributed by atoms with Crippen molar-refractivity contribution in [1.82, 2.24) is 15.3 Å². The Bertz CT molecular complexity index is 578. The molecule has 0 bridgehead atoms. The van der Waals surface area contributed by atoms with Gasteiger partial charge in [-0.2, -0.15) is 0 Å². The summed E-state index contributed by atoms with van der Waals surface area (Å²) in [7, 11) is 0. The number of nitrogens with zero attached hydrogens (tertiary/aromatic N) is 2. The van der Waals surface area contributed by atoms with Gasteiger partial charge in [-0.15, -0.1) is 22.7 Å². The highest BCUT2D eigenvalue weighted by atomic mass is 32.1. The molecule has 0 fully saturated rings. The zero-order valence-corrected chi connectivity index (χ0v) is 14.7. The highest BCUT2D eigenvalue weighted by Gasteiger charge is 2.22. The number of nitrogens with one attached hydrogen (secondary N) is 1. The number of hydrogen-bond donors (Lipinski definition) is 1. The van der Waals surface area contributed by atoms with Crippen LogP contribution in [0.2, 0.25) is 0 Å². The van der Waals surface area contributed by atoms with Crippen molar-refractivity contribution >= 4 is 22.7 Å². The van der Waals surface area contributed by atoms with Crippen LogP contribution in [-0.2, 0) is 12.0 Å². The topological polar surface area (TPSA) is 37.8 Å². The van der Waals surface area contributed by atoms with Crippen LogP contribution in [0.4, 0.5) is 0 Å². The van der Waals surface area contributed by atoms with Gasteiger partial charge in [-0.1, -0.05) is 20.8 Å². The lowest BCUT2D eigenvalue weighted by atomic mass is 9.98. The maximum absolute atomic E-state index is 4.73. The Labute approximate surface area is 129 Å². The number of rotatable bonds is 4. The van der Waals surface area contributed by atoms with Gasteiger partial charge in [0.2, 0.25) is 0 Å². The van der Waals surface area contributed by atoms with E-state index in [0.29, 0.717) is 6.04 Å². The average Bonchev–Trinajstić information content (AvgIpc) is 2.92. The smallest absolute Gasteiger partial charge is 0.0985 e. The summed E-state index contributed by atoms with van der Waals surface area (Å²) >= 11 is 3.53. The second-order valence-corrected chi connectivity index (χ2v) is 8.27. The zero-order valence-electron chi connectivity index (χ0n) is 13.1. The van der Waals surface area contributed by atoms with E-state index < -0.39 is 0 Å². The first-order chi connectivity index (χ1) is 9.27. The summed E-state index contributed by atoms with van der Waals surface area (Å²) in [6.45, 7) is 13.8. The van der Waals surface area contributed by atoms with Crippen LogP contribution < -0.4 is 5.32 Å². The van der Waals surface area contributed by atoms with E-state index in [1.54, 1.807) is 11.3 Å². The van der Waals surface area contributed by atoms with Crippen LogP contribution in [0.5, 0.6) is 0 Å². The summed E-state index contributed by atoms with van der Waals surface area (Å²) in [5, 5.41) is 8.00. The lowest BCUT2D eigenvalue weighted by Crippen LogP contribution is -2.18. The molecule has 2 aromatic heterocycles. The minimum absolute atomic E-state index is 0.124. The van der Waals surface area contributed by atoms with E-state index >= 15 is 0 Å². The van der Waals surface area contributed by atoms with Crippen molar-refractivity contribution in [3.05, 3.63) is 31.7 Å². The van der Waals surface area contributed by atoms with Crippen LogP contribution in [-0.4, -0.2) is 9.97 Å². The van der Waals surface area contributed by atoms with Crippen LogP contribution >= 0.6 is 22.7 Å².